The van der Waals surface area contributed by atoms with E-state index in [0.717, 1.165) is 12.0 Å². The molecule has 1 heterocycles. The molecule has 0 saturated carbocycles. The van der Waals surface area contributed by atoms with Gasteiger partial charge >= 0.3 is 0 Å². The summed E-state index contributed by atoms with van der Waals surface area (Å²) in [5.74, 6) is 0. The quantitative estimate of drug-likeness (QED) is 0.815. The summed E-state index contributed by atoms with van der Waals surface area (Å²) < 4.78 is 10.7. The van der Waals surface area contributed by atoms with Crippen molar-refractivity contribution >= 4 is 0 Å². The first-order valence-corrected chi connectivity index (χ1v) is 6.23. The van der Waals surface area contributed by atoms with Crippen molar-refractivity contribution in [3.05, 3.63) is 35.9 Å². The normalized spacial score (nSPS) is 27.1. The van der Waals surface area contributed by atoms with Crippen molar-refractivity contribution in [1.82, 2.24) is 0 Å². The fraction of sp³-hybridized carbons (Fsp3) is 0.571. The van der Waals surface area contributed by atoms with Crippen LogP contribution in [0, 0.1) is 5.41 Å². The van der Waals surface area contributed by atoms with Crippen molar-refractivity contribution in [3.63, 3.8) is 0 Å². The van der Waals surface area contributed by atoms with E-state index in [1.165, 1.54) is 0 Å². The summed E-state index contributed by atoms with van der Waals surface area (Å²) in [6.07, 6.45) is 0.748. The van der Waals surface area contributed by atoms with Crippen LogP contribution in [0.5, 0.6) is 0 Å². The van der Waals surface area contributed by atoms with Crippen LogP contribution in [-0.2, 0) is 15.1 Å². The molecular weight excluding hydrogens is 230 g/mol. The Balaban J connectivity index is 2.43. The first-order chi connectivity index (χ1) is 8.68. The minimum Gasteiger partial charge on any atom is -0.382 e. The van der Waals surface area contributed by atoms with Crippen molar-refractivity contribution in [1.29, 1.82) is 0 Å². The minimum absolute atomic E-state index is 0.220. The molecule has 0 spiro atoms. The highest BCUT2D eigenvalue weighted by Gasteiger charge is 2.53. The molecule has 1 fully saturated rings. The van der Waals surface area contributed by atoms with Crippen LogP contribution in [0.3, 0.4) is 0 Å². The maximum atomic E-state index is 11.1. The van der Waals surface area contributed by atoms with E-state index in [0.29, 0.717) is 19.8 Å². The predicted molar refractivity (Wildman–Crippen MR) is 69.1 cm³/mol. The zero-order valence-corrected chi connectivity index (χ0v) is 10.8. The predicted octanol–water partition coefficient (Wildman–Crippen LogP) is 0.886. The molecule has 0 bridgehead atoms. The Labute approximate surface area is 108 Å². The van der Waals surface area contributed by atoms with Gasteiger partial charge in [-0.15, -0.1) is 0 Å². The van der Waals surface area contributed by atoms with Gasteiger partial charge in [0.1, 0.15) is 5.60 Å². The molecule has 1 aliphatic heterocycles. The lowest BCUT2D eigenvalue weighted by Crippen LogP contribution is -2.53. The van der Waals surface area contributed by atoms with Crippen molar-refractivity contribution < 1.29 is 14.6 Å². The first-order valence-electron chi connectivity index (χ1n) is 6.23. The van der Waals surface area contributed by atoms with Crippen LogP contribution in [0.2, 0.25) is 0 Å². The summed E-state index contributed by atoms with van der Waals surface area (Å²) in [6, 6.07) is 9.58. The average molecular weight is 251 g/mol. The van der Waals surface area contributed by atoms with Gasteiger partial charge < -0.3 is 20.3 Å². The van der Waals surface area contributed by atoms with Crippen LogP contribution >= 0.6 is 0 Å². The Morgan fingerprint density at radius 2 is 2.17 bits per heavy atom. The molecule has 0 amide bonds. The Hall–Kier alpha value is -0.940. The van der Waals surface area contributed by atoms with Crippen molar-refractivity contribution in [3.8, 4) is 0 Å². The van der Waals surface area contributed by atoms with E-state index in [1.807, 2.05) is 30.3 Å². The van der Waals surface area contributed by atoms with Crippen LogP contribution in [0.25, 0.3) is 0 Å². The monoisotopic (exact) mass is 251 g/mol. The van der Waals surface area contributed by atoms with Gasteiger partial charge in [0.25, 0.3) is 0 Å². The van der Waals surface area contributed by atoms with E-state index >= 15 is 0 Å². The van der Waals surface area contributed by atoms with Crippen LogP contribution in [-0.4, -0.2) is 38.6 Å². The number of hydrogen-bond donors (Lipinski definition) is 2. The fourth-order valence-corrected chi connectivity index (χ4v) is 2.73. The highest BCUT2D eigenvalue weighted by Crippen LogP contribution is 2.45. The number of rotatable bonds is 5. The Morgan fingerprint density at radius 1 is 1.44 bits per heavy atom. The van der Waals surface area contributed by atoms with E-state index in [9.17, 15) is 5.11 Å². The molecule has 2 rings (SSSR count). The van der Waals surface area contributed by atoms with Gasteiger partial charge in [0.05, 0.1) is 13.2 Å². The summed E-state index contributed by atoms with van der Waals surface area (Å²) in [5, 5.41) is 11.1. The average Bonchev–Trinajstić information content (AvgIpc) is 2.90. The van der Waals surface area contributed by atoms with Gasteiger partial charge in [-0.2, -0.15) is 0 Å². The summed E-state index contributed by atoms with van der Waals surface area (Å²) in [6.45, 7) is 1.70. The number of methoxy groups -OCH3 is 1. The van der Waals surface area contributed by atoms with Gasteiger partial charge in [-0.25, -0.2) is 0 Å². The number of nitrogens with two attached hydrogens (primary N) is 1. The highest BCUT2D eigenvalue weighted by molar-refractivity contribution is 5.26. The molecule has 0 aromatic heterocycles. The van der Waals surface area contributed by atoms with Crippen LogP contribution in [0.1, 0.15) is 12.0 Å². The van der Waals surface area contributed by atoms with Gasteiger partial charge in [0, 0.05) is 25.7 Å². The smallest absolute Gasteiger partial charge is 0.122 e. The molecule has 4 nitrogen and oxygen atoms in total. The standard InChI is InChI=1S/C14H21NO3/c1-17-11-14(16,12-5-3-2-4-6-12)13(9-15)7-8-18-10-13/h2-6,16H,7-11,15H2,1H3. The number of hydrogen-bond acceptors (Lipinski definition) is 4. The molecule has 1 aromatic carbocycles. The molecule has 1 aliphatic rings. The third-order valence-corrected chi connectivity index (χ3v) is 3.98. The first kappa shape index (κ1) is 13.5. The van der Waals surface area contributed by atoms with Gasteiger partial charge in [-0.05, 0) is 12.0 Å². The molecular formula is C14H21NO3. The largest absolute Gasteiger partial charge is 0.382 e. The van der Waals surface area contributed by atoms with Gasteiger partial charge in [0.2, 0.25) is 0 Å². The molecule has 18 heavy (non-hydrogen) atoms. The molecule has 0 radical (unpaired) electrons. The summed E-state index contributed by atoms with van der Waals surface area (Å²) in [4.78, 5) is 0. The van der Waals surface area contributed by atoms with E-state index < -0.39 is 11.0 Å². The lowest BCUT2D eigenvalue weighted by molar-refractivity contribution is -0.130. The second kappa shape index (κ2) is 5.36. The molecule has 1 aromatic rings. The molecule has 2 atom stereocenters. The number of aliphatic hydroxyl groups is 1. The van der Waals surface area contributed by atoms with E-state index in [2.05, 4.69) is 0 Å². The second-order valence-electron chi connectivity index (χ2n) is 4.95. The zero-order chi connectivity index (χ0) is 13.1. The topological polar surface area (TPSA) is 64.7 Å². The van der Waals surface area contributed by atoms with Crippen LogP contribution in [0.4, 0.5) is 0 Å². The molecule has 1 saturated heterocycles. The minimum atomic E-state index is -1.10. The van der Waals surface area contributed by atoms with E-state index in [1.54, 1.807) is 7.11 Å². The van der Waals surface area contributed by atoms with Crippen molar-refractivity contribution in [2.75, 3.05) is 33.5 Å². The summed E-state index contributed by atoms with van der Waals surface area (Å²) >= 11 is 0. The summed E-state index contributed by atoms with van der Waals surface area (Å²) in [7, 11) is 1.59. The highest BCUT2D eigenvalue weighted by atomic mass is 16.5. The fourth-order valence-electron chi connectivity index (χ4n) is 2.73. The van der Waals surface area contributed by atoms with Crippen LogP contribution in [0.15, 0.2) is 30.3 Å². The maximum Gasteiger partial charge on any atom is 0.122 e. The third kappa shape index (κ3) is 2.06. The molecule has 4 heteroatoms. The van der Waals surface area contributed by atoms with E-state index in [4.69, 9.17) is 15.2 Å². The lowest BCUT2D eigenvalue weighted by atomic mass is 9.68. The third-order valence-electron chi connectivity index (χ3n) is 3.98. The van der Waals surface area contributed by atoms with Crippen molar-refractivity contribution in [2.45, 2.75) is 12.0 Å². The molecule has 3 N–H and O–H groups in total. The Kier molecular flexibility index (Phi) is 4.02. The van der Waals surface area contributed by atoms with Gasteiger partial charge in [0.15, 0.2) is 0 Å². The van der Waals surface area contributed by atoms with Gasteiger partial charge in [-0.1, -0.05) is 30.3 Å². The van der Waals surface area contributed by atoms with E-state index in [-0.39, 0.29) is 6.61 Å². The van der Waals surface area contributed by atoms with Crippen molar-refractivity contribution in [2.24, 2.45) is 11.1 Å². The SMILES string of the molecule is COCC(O)(c1ccccc1)C1(CN)CCOC1. The number of ether oxygens (including phenoxy) is 2. The molecule has 2 unspecified atom stereocenters. The second-order valence-corrected chi connectivity index (χ2v) is 4.95. The van der Waals surface area contributed by atoms with Gasteiger partial charge in [-0.3, -0.25) is 0 Å². The Morgan fingerprint density at radius 3 is 2.67 bits per heavy atom. The lowest BCUT2D eigenvalue weighted by Gasteiger charge is -2.43. The molecule has 100 valence electrons. The molecule has 0 aliphatic carbocycles. The maximum absolute atomic E-state index is 11.1. The van der Waals surface area contributed by atoms with Crippen LogP contribution < -0.4 is 5.73 Å². The zero-order valence-electron chi connectivity index (χ0n) is 10.8. The summed E-state index contributed by atoms with van der Waals surface area (Å²) in [5.41, 5.74) is 5.19. The Bertz CT molecular complexity index is 376. The number of benzene rings is 1.